The van der Waals surface area contributed by atoms with E-state index in [9.17, 15) is 0 Å². The monoisotopic (exact) mass is 273 g/mol. The lowest BCUT2D eigenvalue weighted by molar-refractivity contribution is -0.00112. The first-order chi connectivity index (χ1) is 9.86. The molecular formula is C18H27NO. The fraction of sp³-hybridized carbons (Fsp3) is 0.667. The molecule has 3 rings (SSSR count). The molecule has 20 heavy (non-hydrogen) atoms. The smallest absolute Gasteiger partial charge is 0.0733 e. The van der Waals surface area contributed by atoms with Gasteiger partial charge in [-0.3, -0.25) is 0 Å². The number of rotatable bonds is 6. The third kappa shape index (κ3) is 3.62. The molecule has 2 nitrogen and oxygen atoms in total. The van der Waals surface area contributed by atoms with Crippen LogP contribution in [0.25, 0.3) is 0 Å². The fourth-order valence-corrected chi connectivity index (χ4v) is 3.46. The van der Waals surface area contributed by atoms with Gasteiger partial charge in [-0.05, 0) is 50.1 Å². The van der Waals surface area contributed by atoms with Gasteiger partial charge in [0.2, 0.25) is 0 Å². The van der Waals surface area contributed by atoms with Crippen LogP contribution in [0.4, 0.5) is 0 Å². The highest BCUT2D eigenvalue weighted by atomic mass is 16.5. The standard InChI is InChI=1S/C18H27NO/c1-19-17-10-9-16(15-5-3-2-4-6-15)13-18(17)20-12-11-14-7-8-14/h2-6,14,16-19H,7-13H2,1H3. The topological polar surface area (TPSA) is 21.3 Å². The molecule has 0 amide bonds. The first-order valence-corrected chi connectivity index (χ1v) is 8.20. The summed E-state index contributed by atoms with van der Waals surface area (Å²) < 4.78 is 6.23. The second kappa shape index (κ2) is 6.73. The summed E-state index contributed by atoms with van der Waals surface area (Å²) in [6.45, 7) is 0.953. The maximum atomic E-state index is 6.23. The second-order valence-corrected chi connectivity index (χ2v) is 6.46. The number of nitrogens with one attached hydrogen (secondary N) is 1. The van der Waals surface area contributed by atoms with E-state index < -0.39 is 0 Å². The Morgan fingerprint density at radius 2 is 1.90 bits per heavy atom. The van der Waals surface area contributed by atoms with Crippen molar-refractivity contribution in [2.75, 3.05) is 13.7 Å². The quantitative estimate of drug-likeness (QED) is 0.853. The maximum Gasteiger partial charge on any atom is 0.0733 e. The summed E-state index contributed by atoms with van der Waals surface area (Å²) in [5, 5.41) is 3.45. The van der Waals surface area contributed by atoms with Gasteiger partial charge in [-0.25, -0.2) is 0 Å². The molecule has 0 bridgehead atoms. The molecular weight excluding hydrogens is 246 g/mol. The van der Waals surface area contributed by atoms with Gasteiger partial charge in [0.15, 0.2) is 0 Å². The number of likely N-dealkylation sites (N-methyl/N-ethyl adjacent to an activating group) is 1. The van der Waals surface area contributed by atoms with Gasteiger partial charge in [-0.1, -0.05) is 43.2 Å². The second-order valence-electron chi connectivity index (χ2n) is 6.46. The van der Waals surface area contributed by atoms with Gasteiger partial charge in [0.05, 0.1) is 6.10 Å². The SMILES string of the molecule is CNC1CCC(c2ccccc2)CC1OCCC1CC1. The molecule has 0 heterocycles. The van der Waals surface area contributed by atoms with E-state index in [0.29, 0.717) is 18.1 Å². The molecule has 2 aliphatic carbocycles. The van der Waals surface area contributed by atoms with E-state index in [1.54, 1.807) is 0 Å². The van der Waals surface area contributed by atoms with Crippen LogP contribution in [0, 0.1) is 5.92 Å². The van der Waals surface area contributed by atoms with E-state index in [1.165, 1.54) is 44.1 Å². The number of hydrogen-bond donors (Lipinski definition) is 1. The van der Waals surface area contributed by atoms with Gasteiger partial charge in [0.25, 0.3) is 0 Å². The molecule has 2 aliphatic rings. The lowest BCUT2D eigenvalue weighted by Crippen LogP contribution is -2.43. The summed E-state index contributed by atoms with van der Waals surface area (Å²) in [7, 11) is 2.07. The van der Waals surface area contributed by atoms with E-state index >= 15 is 0 Å². The Hall–Kier alpha value is -0.860. The van der Waals surface area contributed by atoms with Crippen LogP contribution in [0.1, 0.15) is 50.0 Å². The molecule has 1 aromatic carbocycles. The van der Waals surface area contributed by atoms with Gasteiger partial charge < -0.3 is 10.1 Å². The van der Waals surface area contributed by atoms with Crippen LogP contribution in [-0.2, 0) is 4.74 Å². The van der Waals surface area contributed by atoms with Gasteiger partial charge >= 0.3 is 0 Å². The van der Waals surface area contributed by atoms with Crippen LogP contribution < -0.4 is 5.32 Å². The molecule has 0 radical (unpaired) electrons. The van der Waals surface area contributed by atoms with E-state index in [-0.39, 0.29) is 0 Å². The van der Waals surface area contributed by atoms with Crippen molar-refractivity contribution in [3.8, 4) is 0 Å². The molecule has 1 N–H and O–H groups in total. The Balaban J connectivity index is 1.56. The van der Waals surface area contributed by atoms with Gasteiger partial charge in [0, 0.05) is 12.6 Å². The molecule has 2 heteroatoms. The summed E-state index contributed by atoms with van der Waals surface area (Å²) in [5.74, 6) is 1.64. The summed E-state index contributed by atoms with van der Waals surface area (Å²) in [6.07, 6.45) is 8.18. The summed E-state index contributed by atoms with van der Waals surface area (Å²) in [4.78, 5) is 0. The van der Waals surface area contributed by atoms with Crippen LogP contribution in [0.15, 0.2) is 30.3 Å². The summed E-state index contributed by atoms with van der Waals surface area (Å²) >= 11 is 0. The van der Waals surface area contributed by atoms with Crippen molar-refractivity contribution in [1.82, 2.24) is 5.32 Å². The molecule has 0 spiro atoms. The minimum Gasteiger partial charge on any atom is -0.377 e. The predicted molar refractivity (Wildman–Crippen MR) is 83.0 cm³/mol. The Kier molecular flexibility index (Phi) is 4.74. The molecule has 2 saturated carbocycles. The Morgan fingerprint density at radius 1 is 1.10 bits per heavy atom. The lowest BCUT2D eigenvalue weighted by Gasteiger charge is -2.36. The third-order valence-electron chi connectivity index (χ3n) is 4.99. The van der Waals surface area contributed by atoms with Crippen LogP contribution in [0.2, 0.25) is 0 Å². The number of benzene rings is 1. The Morgan fingerprint density at radius 3 is 2.60 bits per heavy atom. The van der Waals surface area contributed by atoms with Crippen LogP contribution in [-0.4, -0.2) is 25.8 Å². The molecule has 3 atom stereocenters. The van der Waals surface area contributed by atoms with Crippen LogP contribution in [0.5, 0.6) is 0 Å². The van der Waals surface area contributed by atoms with E-state index in [4.69, 9.17) is 4.74 Å². The minimum atomic E-state index is 0.387. The molecule has 1 aromatic rings. The zero-order chi connectivity index (χ0) is 13.8. The van der Waals surface area contributed by atoms with Crippen molar-refractivity contribution >= 4 is 0 Å². The van der Waals surface area contributed by atoms with Crippen LogP contribution in [0.3, 0.4) is 0 Å². The first-order valence-electron chi connectivity index (χ1n) is 8.20. The fourth-order valence-electron chi connectivity index (χ4n) is 3.46. The normalized spacial score (nSPS) is 30.4. The first kappa shape index (κ1) is 14.1. The summed E-state index contributed by atoms with van der Waals surface area (Å²) in [5.41, 5.74) is 1.48. The van der Waals surface area contributed by atoms with Gasteiger partial charge in [-0.2, -0.15) is 0 Å². The maximum absolute atomic E-state index is 6.23. The van der Waals surface area contributed by atoms with E-state index in [2.05, 4.69) is 42.7 Å². The van der Waals surface area contributed by atoms with Gasteiger partial charge in [-0.15, -0.1) is 0 Å². The zero-order valence-electron chi connectivity index (χ0n) is 12.6. The zero-order valence-corrected chi connectivity index (χ0v) is 12.6. The van der Waals surface area contributed by atoms with Crippen LogP contribution >= 0.6 is 0 Å². The Labute approximate surface area is 122 Å². The molecule has 3 unspecified atom stereocenters. The third-order valence-corrected chi connectivity index (χ3v) is 4.99. The van der Waals surface area contributed by atoms with Crippen molar-refractivity contribution in [1.29, 1.82) is 0 Å². The largest absolute Gasteiger partial charge is 0.377 e. The van der Waals surface area contributed by atoms with Crippen molar-refractivity contribution in [3.05, 3.63) is 35.9 Å². The van der Waals surface area contributed by atoms with Crippen molar-refractivity contribution in [3.63, 3.8) is 0 Å². The lowest BCUT2D eigenvalue weighted by atomic mass is 9.80. The average Bonchev–Trinajstić information content (AvgIpc) is 3.32. The highest BCUT2D eigenvalue weighted by Crippen LogP contribution is 2.36. The highest BCUT2D eigenvalue weighted by molar-refractivity contribution is 5.20. The minimum absolute atomic E-state index is 0.387. The average molecular weight is 273 g/mol. The van der Waals surface area contributed by atoms with Gasteiger partial charge in [0.1, 0.15) is 0 Å². The molecule has 0 saturated heterocycles. The van der Waals surface area contributed by atoms with Crippen molar-refractivity contribution in [2.24, 2.45) is 5.92 Å². The molecule has 2 fully saturated rings. The van der Waals surface area contributed by atoms with E-state index in [1.807, 2.05) is 0 Å². The van der Waals surface area contributed by atoms with Crippen molar-refractivity contribution in [2.45, 2.75) is 56.6 Å². The summed E-state index contributed by atoms with van der Waals surface area (Å²) in [6, 6.07) is 11.5. The van der Waals surface area contributed by atoms with Crippen molar-refractivity contribution < 1.29 is 4.74 Å². The predicted octanol–water partition coefficient (Wildman–Crippen LogP) is 3.73. The number of hydrogen-bond acceptors (Lipinski definition) is 2. The van der Waals surface area contributed by atoms with E-state index in [0.717, 1.165) is 12.5 Å². The number of ether oxygens (including phenoxy) is 1. The molecule has 0 aliphatic heterocycles. The molecule has 0 aromatic heterocycles. The molecule has 110 valence electrons. The Bertz CT molecular complexity index is 401. The highest BCUT2D eigenvalue weighted by Gasteiger charge is 2.31.